The maximum atomic E-state index is 12.9. The highest BCUT2D eigenvalue weighted by molar-refractivity contribution is 6.13. The molecule has 0 bridgehead atoms. The molecule has 0 atom stereocenters. The monoisotopic (exact) mass is 391 g/mol. The highest BCUT2D eigenvalue weighted by Crippen LogP contribution is 2.32. The molecule has 5 rings (SSSR count). The molecule has 0 saturated heterocycles. The molecule has 2 heterocycles. The third-order valence-corrected chi connectivity index (χ3v) is 5.32. The van der Waals surface area contributed by atoms with E-state index in [1.54, 1.807) is 0 Å². The van der Waals surface area contributed by atoms with Crippen LogP contribution in [0.5, 0.6) is 0 Å². The maximum absolute atomic E-state index is 12.9. The Morgan fingerprint density at radius 1 is 0.833 bits per heavy atom. The molecule has 3 aromatic carbocycles. The number of H-pyrrole nitrogens is 1. The van der Waals surface area contributed by atoms with E-state index in [0.717, 1.165) is 39.5 Å². The van der Waals surface area contributed by atoms with Gasteiger partial charge < -0.3 is 10.3 Å². The fraction of sp³-hybridized carbons (Fsp3) is 0.0769. The molecule has 0 radical (unpaired) electrons. The lowest BCUT2D eigenvalue weighted by Gasteiger charge is -2.09. The number of hydrogen-bond donors (Lipinski definition) is 2. The van der Waals surface area contributed by atoms with Crippen LogP contribution in [-0.4, -0.2) is 22.4 Å². The summed E-state index contributed by atoms with van der Waals surface area (Å²) >= 11 is 0. The summed E-state index contributed by atoms with van der Waals surface area (Å²) in [5.41, 5.74) is 5.38. The molecule has 146 valence electrons. The van der Waals surface area contributed by atoms with E-state index in [-0.39, 0.29) is 5.91 Å². The summed E-state index contributed by atoms with van der Waals surface area (Å²) in [5.74, 6) is -0.157. The van der Waals surface area contributed by atoms with Crippen LogP contribution in [0.4, 0.5) is 0 Å². The van der Waals surface area contributed by atoms with E-state index in [1.165, 1.54) is 5.56 Å². The Labute approximate surface area is 174 Å². The number of rotatable bonds is 5. The van der Waals surface area contributed by atoms with Crippen molar-refractivity contribution in [2.75, 3.05) is 6.54 Å². The number of nitrogens with zero attached hydrogens (tertiary/aromatic N) is 1. The second-order valence-corrected chi connectivity index (χ2v) is 7.31. The number of carbonyl (C=O) groups is 1. The molecule has 2 N–H and O–H groups in total. The first-order valence-corrected chi connectivity index (χ1v) is 10.1. The van der Waals surface area contributed by atoms with Gasteiger partial charge >= 0.3 is 0 Å². The Bertz CT molecular complexity index is 1320. The number of aromatic amines is 1. The molecule has 30 heavy (non-hydrogen) atoms. The van der Waals surface area contributed by atoms with Crippen molar-refractivity contribution < 1.29 is 4.79 Å². The first kappa shape index (κ1) is 18.1. The summed E-state index contributed by atoms with van der Waals surface area (Å²) in [5, 5.41) is 5.11. The predicted molar refractivity (Wildman–Crippen MR) is 122 cm³/mol. The van der Waals surface area contributed by atoms with E-state index in [9.17, 15) is 4.79 Å². The number of amides is 1. The molecule has 2 aromatic heterocycles. The molecule has 0 spiro atoms. The molecule has 4 nitrogen and oxygen atoms in total. The minimum Gasteiger partial charge on any atom is -0.353 e. The number of fused-ring (bicyclic) bond motifs is 3. The van der Waals surface area contributed by atoms with Gasteiger partial charge in [0, 0.05) is 28.4 Å². The van der Waals surface area contributed by atoms with Crippen molar-refractivity contribution in [3.8, 4) is 11.3 Å². The molecule has 0 aliphatic carbocycles. The van der Waals surface area contributed by atoms with Crippen LogP contribution in [0.25, 0.3) is 33.1 Å². The molecule has 5 aromatic rings. The highest BCUT2D eigenvalue weighted by Gasteiger charge is 2.16. The van der Waals surface area contributed by atoms with Gasteiger partial charge in [0.1, 0.15) is 5.69 Å². The number of para-hydroxylation sites is 1. The summed E-state index contributed by atoms with van der Waals surface area (Å²) in [6.45, 7) is 0.567. The molecular formula is C26H21N3O. The quantitative estimate of drug-likeness (QED) is 0.424. The standard InChI is InChI=1S/C26H21N3O/c30-26(27-16-15-18-9-3-1-4-10-18)23-17-21-20-13-7-8-14-22(20)28-25(21)24(29-23)19-11-5-2-6-12-19/h1-14,17,28H,15-16H2,(H,27,30). The van der Waals surface area contributed by atoms with E-state index in [4.69, 9.17) is 4.98 Å². The third-order valence-electron chi connectivity index (χ3n) is 5.32. The second kappa shape index (κ2) is 7.84. The summed E-state index contributed by atoms with van der Waals surface area (Å²) < 4.78 is 0. The molecule has 0 fully saturated rings. The number of benzene rings is 3. The Balaban J connectivity index is 1.53. The Kier molecular flexibility index (Phi) is 4.74. The largest absolute Gasteiger partial charge is 0.353 e. The average Bonchev–Trinajstić information content (AvgIpc) is 3.18. The smallest absolute Gasteiger partial charge is 0.269 e. The zero-order valence-electron chi connectivity index (χ0n) is 16.4. The van der Waals surface area contributed by atoms with Gasteiger partial charge in [-0.25, -0.2) is 4.98 Å². The molecule has 4 heteroatoms. The van der Waals surface area contributed by atoms with E-state index >= 15 is 0 Å². The number of pyridine rings is 1. The summed E-state index contributed by atoms with van der Waals surface area (Å²) in [6, 6.07) is 30.1. The van der Waals surface area contributed by atoms with E-state index in [0.29, 0.717) is 12.2 Å². The lowest BCUT2D eigenvalue weighted by molar-refractivity contribution is 0.0949. The molecule has 1 amide bonds. The van der Waals surface area contributed by atoms with Gasteiger partial charge in [0.2, 0.25) is 0 Å². The van der Waals surface area contributed by atoms with Crippen LogP contribution in [0.1, 0.15) is 16.1 Å². The van der Waals surface area contributed by atoms with Gasteiger partial charge in [-0.1, -0.05) is 78.9 Å². The highest BCUT2D eigenvalue weighted by atomic mass is 16.1. The summed E-state index contributed by atoms with van der Waals surface area (Å²) in [4.78, 5) is 21.2. The molecule has 0 aliphatic heterocycles. The molecule has 0 saturated carbocycles. The minimum atomic E-state index is -0.157. The molecular weight excluding hydrogens is 370 g/mol. The number of hydrogen-bond acceptors (Lipinski definition) is 2. The van der Waals surface area contributed by atoms with Crippen molar-refractivity contribution in [1.29, 1.82) is 0 Å². The zero-order chi connectivity index (χ0) is 20.3. The Morgan fingerprint density at radius 3 is 2.33 bits per heavy atom. The molecule has 0 aliphatic rings. The van der Waals surface area contributed by atoms with Gasteiger partial charge in [-0.3, -0.25) is 4.79 Å². The Hall–Kier alpha value is -3.92. The van der Waals surface area contributed by atoms with Crippen molar-refractivity contribution in [3.63, 3.8) is 0 Å². The first-order valence-electron chi connectivity index (χ1n) is 10.1. The zero-order valence-corrected chi connectivity index (χ0v) is 16.4. The van der Waals surface area contributed by atoms with E-state index in [2.05, 4.69) is 28.5 Å². The van der Waals surface area contributed by atoms with Crippen LogP contribution in [0.15, 0.2) is 91.0 Å². The SMILES string of the molecule is O=C(NCCc1ccccc1)c1cc2c([nH]c3ccccc32)c(-c2ccccc2)n1. The summed E-state index contributed by atoms with van der Waals surface area (Å²) in [6.07, 6.45) is 0.785. The first-order chi connectivity index (χ1) is 14.8. The van der Waals surface area contributed by atoms with Crippen LogP contribution in [-0.2, 0) is 6.42 Å². The van der Waals surface area contributed by atoms with Gasteiger partial charge in [-0.2, -0.15) is 0 Å². The number of aromatic nitrogens is 2. The van der Waals surface area contributed by atoms with Gasteiger partial charge in [0.05, 0.1) is 11.2 Å². The lowest BCUT2D eigenvalue weighted by atomic mass is 10.1. The lowest BCUT2D eigenvalue weighted by Crippen LogP contribution is -2.26. The summed E-state index contributed by atoms with van der Waals surface area (Å²) in [7, 11) is 0. The van der Waals surface area contributed by atoms with Gasteiger partial charge in [-0.15, -0.1) is 0 Å². The van der Waals surface area contributed by atoms with Gasteiger partial charge in [0.15, 0.2) is 0 Å². The average molecular weight is 391 g/mol. The van der Waals surface area contributed by atoms with Crippen molar-refractivity contribution in [2.24, 2.45) is 0 Å². The van der Waals surface area contributed by atoms with Crippen molar-refractivity contribution in [2.45, 2.75) is 6.42 Å². The van der Waals surface area contributed by atoms with Gasteiger partial charge in [0.25, 0.3) is 5.91 Å². The van der Waals surface area contributed by atoms with Crippen molar-refractivity contribution in [1.82, 2.24) is 15.3 Å². The number of carbonyl (C=O) groups excluding carboxylic acids is 1. The predicted octanol–water partition coefficient (Wildman–Crippen LogP) is 5.36. The van der Waals surface area contributed by atoms with E-state index < -0.39 is 0 Å². The molecule has 0 unspecified atom stereocenters. The Morgan fingerprint density at radius 2 is 1.53 bits per heavy atom. The van der Waals surface area contributed by atoms with Crippen LogP contribution in [0, 0.1) is 0 Å². The van der Waals surface area contributed by atoms with E-state index in [1.807, 2.05) is 72.8 Å². The normalized spacial score (nSPS) is 11.1. The number of nitrogens with one attached hydrogen (secondary N) is 2. The van der Waals surface area contributed by atoms with Crippen molar-refractivity contribution >= 4 is 27.7 Å². The minimum absolute atomic E-state index is 0.157. The third kappa shape index (κ3) is 3.44. The van der Waals surface area contributed by atoms with Crippen LogP contribution < -0.4 is 5.32 Å². The van der Waals surface area contributed by atoms with Crippen LogP contribution in [0.3, 0.4) is 0 Å². The fourth-order valence-corrected chi connectivity index (χ4v) is 3.82. The van der Waals surface area contributed by atoms with Crippen LogP contribution in [0.2, 0.25) is 0 Å². The van der Waals surface area contributed by atoms with Crippen LogP contribution >= 0.6 is 0 Å². The topological polar surface area (TPSA) is 57.8 Å². The van der Waals surface area contributed by atoms with Gasteiger partial charge in [-0.05, 0) is 24.1 Å². The van der Waals surface area contributed by atoms with Crippen molar-refractivity contribution in [3.05, 3.63) is 102 Å². The maximum Gasteiger partial charge on any atom is 0.269 e. The fourth-order valence-electron chi connectivity index (χ4n) is 3.82. The second-order valence-electron chi connectivity index (χ2n) is 7.31.